The van der Waals surface area contributed by atoms with Gasteiger partial charge in [-0.25, -0.2) is 9.79 Å². The van der Waals surface area contributed by atoms with Crippen molar-refractivity contribution >= 4 is 41.6 Å². The molecule has 0 heterocycles. The van der Waals surface area contributed by atoms with Gasteiger partial charge in [-0.3, -0.25) is 0 Å². The summed E-state index contributed by atoms with van der Waals surface area (Å²) < 4.78 is 4.94. The quantitative estimate of drug-likeness (QED) is 0.322. The minimum absolute atomic E-state index is 0. The van der Waals surface area contributed by atoms with Crippen LogP contribution in [0.2, 0.25) is 0 Å². The fourth-order valence-corrected chi connectivity index (χ4v) is 1.96. The van der Waals surface area contributed by atoms with Crippen molar-refractivity contribution in [3.8, 4) is 0 Å². The van der Waals surface area contributed by atoms with Crippen LogP contribution in [0.5, 0.6) is 0 Å². The lowest BCUT2D eigenvalue weighted by Crippen LogP contribution is -2.22. The molecule has 0 amide bonds. The number of guanidine groups is 1. The van der Waals surface area contributed by atoms with Gasteiger partial charge in [0.2, 0.25) is 0 Å². The van der Waals surface area contributed by atoms with E-state index in [4.69, 9.17) is 10.5 Å². The van der Waals surface area contributed by atoms with E-state index >= 15 is 0 Å². The number of hydrogen-bond acceptors (Lipinski definition) is 3. The SMILES string of the molecule is CCOC(=O)c1ccc(CN=C(N)Nc2ccc(C)cc2)cc1.I. The number of benzene rings is 2. The van der Waals surface area contributed by atoms with Crippen LogP contribution in [0.1, 0.15) is 28.4 Å². The zero-order valence-electron chi connectivity index (χ0n) is 13.8. The highest BCUT2D eigenvalue weighted by Gasteiger charge is 2.05. The second-order valence-corrected chi connectivity index (χ2v) is 5.11. The van der Waals surface area contributed by atoms with Crippen molar-refractivity contribution in [3.63, 3.8) is 0 Å². The van der Waals surface area contributed by atoms with E-state index in [9.17, 15) is 4.79 Å². The molecule has 3 N–H and O–H groups in total. The first-order chi connectivity index (χ1) is 11.1. The van der Waals surface area contributed by atoms with Crippen molar-refractivity contribution in [2.75, 3.05) is 11.9 Å². The summed E-state index contributed by atoms with van der Waals surface area (Å²) >= 11 is 0. The Hall–Kier alpha value is -2.09. The van der Waals surface area contributed by atoms with Gasteiger partial charge < -0.3 is 15.8 Å². The van der Waals surface area contributed by atoms with E-state index < -0.39 is 0 Å². The van der Waals surface area contributed by atoms with Crippen LogP contribution in [-0.4, -0.2) is 18.5 Å². The fraction of sp³-hybridized carbons (Fsp3) is 0.222. The van der Waals surface area contributed by atoms with E-state index in [1.165, 1.54) is 5.56 Å². The number of carbonyl (C=O) groups is 1. The lowest BCUT2D eigenvalue weighted by molar-refractivity contribution is 0.0526. The molecular weight excluding hydrogens is 417 g/mol. The maximum Gasteiger partial charge on any atom is 0.338 e. The predicted octanol–water partition coefficient (Wildman–Crippen LogP) is 3.72. The van der Waals surface area contributed by atoms with Gasteiger partial charge in [-0.15, -0.1) is 24.0 Å². The second-order valence-electron chi connectivity index (χ2n) is 5.11. The summed E-state index contributed by atoms with van der Waals surface area (Å²) in [6.07, 6.45) is 0. The number of hydrogen-bond donors (Lipinski definition) is 2. The Kier molecular flexibility index (Phi) is 8.25. The molecule has 5 nitrogen and oxygen atoms in total. The Morgan fingerprint density at radius 1 is 1.12 bits per heavy atom. The molecule has 0 aromatic heterocycles. The Morgan fingerprint density at radius 2 is 1.75 bits per heavy atom. The zero-order valence-corrected chi connectivity index (χ0v) is 16.1. The molecule has 2 rings (SSSR count). The summed E-state index contributed by atoms with van der Waals surface area (Å²) in [6.45, 7) is 4.62. The molecule has 128 valence electrons. The number of carbonyl (C=O) groups excluding carboxylic acids is 1. The number of nitrogens with one attached hydrogen (secondary N) is 1. The Morgan fingerprint density at radius 3 is 2.33 bits per heavy atom. The summed E-state index contributed by atoms with van der Waals surface area (Å²) in [6, 6.07) is 15.0. The normalized spacial score (nSPS) is 10.7. The number of nitrogens with two attached hydrogens (primary N) is 1. The van der Waals surface area contributed by atoms with Crippen LogP contribution in [0, 0.1) is 6.92 Å². The monoisotopic (exact) mass is 439 g/mol. The third kappa shape index (κ3) is 6.19. The van der Waals surface area contributed by atoms with Gasteiger partial charge >= 0.3 is 5.97 Å². The Balaban J connectivity index is 0.00000288. The average Bonchev–Trinajstić information content (AvgIpc) is 2.56. The maximum atomic E-state index is 11.6. The first-order valence-corrected chi connectivity index (χ1v) is 7.48. The second kappa shape index (κ2) is 9.92. The van der Waals surface area contributed by atoms with Crippen LogP contribution in [0.25, 0.3) is 0 Å². The highest BCUT2D eigenvalue weighted by atomic mass is 127. The number of aryl methyl sites for hydroxylation is 1. The molecule has 0 radical (unpaired) electrons. The van der Waals surface area contributed by atoms with Crippen molar-refractivity contribution in [3.05, 3.63) is 65.2 Å². The molecule has 6 heteroatoms. The van der Waals surface area contributed by atoms with Gasteiger partial charge in [0, 0.05) is 5.69 Å². The van der Waals surface area contributed by atoms with Crippen LogP contribution >= 0.6 is 24.0 Å². The van der Waals surface area contributed by atoms with Gasteiger partial charge in [-0.1, -0.05) is 29.8 Å². The van der Waals surface area contributed by atoms with Crippen molar-refractivity contribution in [2.45, 2.75) is 20.4 Å². The minimum atomic E-state index is -0.317. The molecule has 2 aromatic rings. The molecule has 0 atom stereocenters. The third-order valence-electron chi connectivity index (χ3n) is 3.22. The van der Waals surface area contributed by atoms with E-state index in [0.717, 1.165) is 11.3 Å². The lowest BCUT2D eigenvalue weighted by Gasteiger charge is -2.06. The average molecular weight is 439 g/mol. The van der Waals surface area contributed by atoms with E-state index in [-0.39, 0.29) is 29.9 Å². The molecular formula is C18H22IN3O2. The molecule has 24 heavy (non-hydrogen) atoms. The lowest BCUT2D eigenvalue weighted by atomic mass is 10.1. The number of ether oxygens (including phenoxy) is 1. The van der Waals surface area contributed by atoms with E-state index in [1.807, 2.05) is 43.3 Å². The first-order valence-electron chi connectivity index (χ1n) is 7.48. The zero-order chi connectivity index (χ0) is 16.7. The molecule has 0 unspecified atom stereocenters. The summed E-state index contributed by atoms with van der Waals surface area (Å²) in [7, 11) is 0. The van der Waals surface area contributed by atoms with Crippen LogP contribution in [0.3, 0.4) is 0 Å². The van der Waals surface area contributed by atoms with Gasteiger partial charge in [0.1, 0.15) is 0 Å². The number of nitrogens with zero attached hydrogens (tertiary/aromatic N) is 1. The largest absolute Gasteiger partial charge is 0.462 e. The van der Waals surface area contributed by atoms with Crippen LogP contribution in [0.4, 0.5) is 5.69 Å². The summed E-state index contributed by atoms with van der Waals surface area (Å²) in [4.78, 5) is 15.9. The molecule has 0 bridgehead atoms. The Bertz CT molecular complexity index is 682. The summed E-state index contributed by atoms with van der Waals surface area (Å²) in [5.74, 6) is 0.0337. The fourth-order valence-electron chi connectivity index (χ4n) is 1.96. The van der Waals surface area contributed by atoms with E-state index in [2.05, 4.69) is 10.3 Å². The number of esters is 1. The van der Waals surface area contributed by atoms with E-state index in [0.29, 0.717) is 24.7 Å². The van der Waals surface area contributed by atoms with E-state index in [1.54, 1.807) is 19.1 Å². The molecule has 0 saturated carbocycles. The van der Waals surface area contributed by atoms with Gasteiger partial charge in [-0.2, -0.15) is 0 Å². The first kappa shape index (κ1) is 20.0. The summed E-state index contributed by atoms with van der Waals surface area (Å²) in [5, 5.41) is 3.04. The van der Waals surface area contributed by atoms with Gasteiger partial charge in [0.05, 0.1) is 18.7 Å². The molecule has 0 aliphatic rings. The predicted molar refractivity (Wildman–Crippen MR) is 108 cm³/mol. The number of halogens is 1. The van der Waals surface area contributed by atoms with Gasteiger partial charge in [0.15, 0.2) is 5.96 Å². The van der Waals surface area contributed by atoms with Crippen LogP contribution in [-0.2, 0) is 11.3 Å². The Labute approximate surface area is 159 Å². The highest BCUT2D eigenvalue weighted by molar-refractivity contribution is 14.0. The maximum absolute atomic E-state index is 11.6. The standard InChI is InChI=1S/C18H21N3O2.HI/c1-3-23-17(22)15-8-6-14(7-9-15)12-20-18(19)21-16-10-4-13(2)5-11-16;/h4-11H,3,12H2,1-2H3,(H3,19,20,21);1H. The molecule has 0 spiro atoms. The number of aliphatic imine (C=N–C) groups is 1. The molecule has 0 fully saturated rings. The minimum Gasteiger partial charge on any atom is -0.462 e. The molecule has 0 saturated heterocycles. The van der Waals surface area contributed by atoms with Crippen molar-refractivity contribution < 1.29 is 9.53 Å². The van der Waals surface area contributed by atoms with Crippen LogP contribution < -0.4 is 11.1 Å². The molecule has 0 aliphatic carbocycles. The highest BCUT2D eigenvalue weighted by Crippen LogP contribution is 2.09. The van der Waals surface area contributed by atoms with Crippen LogP contribution in [0.15, 0.2) is 53.5 Å². The van der Waals surface area contributed by atoms with Gasteiger partial charge in [0.25, 0.3) is 0 Å². The summed E-state index contributed by atoms with van der Waals surface area (Å²) in [5.41, 5.74) is 9.46. The topological polar surface area (TPSA) is 76.7 Å². The number of rotatable bonds is 5. The number of anilines is 1. The van der Waals surface area contributed by atoms with Crippen molar-refractivity contribution in [1.29, 1.82) is 0 Å². The smallest absolute Gasteiger partial charge is 0.338 e. The third-order valence-corrected chi connectivity index (χ3v) is 3.22. The molecule has 2 aromatic carbocycles. The van der Waals surface area contributed by atoms with Crippen molar-refractivity contribution in [2.24, 2.45) is 10.7 Å². The molecule has 0 aliphatic heterocycles. The van der Waals surface area contributed by atoms with Gasteiger partial charge in [-0.05, 0) is 43.7 Å². The van der Waals surface area contributed by atoms with Crippen molar-refractivity contribution in [1.82, 2.24) is 0 Å².